The quantitative estimate of drug-likeness (QED) is 0.791. The number of nitrogens with two attached hydrogens (primary N) is 1. The van der Waals surface area contributed by atoms with Crippen LogP contribution in [0.3, 0.4) is 0 Å². The van der Waals surface area contributed by atoms with Crippen molar-refractivity contribution in [2.75, 3.05) is 26.2 Å². The number of nitrogens with one attached hydrogen (secondary N) is 1. The van der Waals surface area contributed by atoms with Gasteiger partial charge in [-0.2, -0.15) is 0 Å². The number of carbonyl (C=O) groups is 1. The number of carbonyl (C=O) groups excluding carboxylic acids is 1. The SMILES string of the molecule is NCCCOC1CCN(C(=O)c2c[nH]cc2-c2ccc(F)cc2)CC1. The minimum absolute atomic E-state index is 0.000910. The minimum Gasteiger partial charge on any atom is -0.378 e. The van der Waals surface area contributed by atoms with Crippen LogP contribution in [-0.2, 0) is 4.74 Å². The fourth-order valence-corrected chi connectivity index (χ4v) is 3.14. The molecule has 0 radical (unpaired) electrons. The third kappa shape index (κ3) is 4.27. The number of ether oxygens (including phenoxy) is 1. The Morgan fingerprint density at radius 1 is 1.24 bits per heavy atom. The van der Waals surface area contributed by atoms with Gasteiger partial charge in [0.05, 0.1) is 11.7 Å². The summed E-state index contributed by atoms with van der Waals surface area (Å²) in [6.07, 6.45) is 6.25. The van der Waals surface area contributed by atoms with E-state index in [0.29, 0.717) is 31.8 Å². The Labute approximate surface area is 147 Å². The summed E-state index contributed by atoms with van der Waals surface area (Å²) in [6, 6.07) is 6.18. The van der Waals surface area contributed by atoms with E-state index in [1.807, 2.05) is 4.90 Å². The Hall–Kier alpha value is -2.18. The number of aromatic amines is 1. The van der Waals surface area contributed by atoms with Crippen molar-refractivity contribution in [3.63, 3.8) is 0 Å². The van der Waals surface area contributed by atoms with Crippen LogP contribution in [0.1, 0.15) is 29.6 Å². The predicted molar refractivity (Wildman–Crippen MR) is 94.7 cm³/mol. The van der Waals surface area contributed by atoms with Gasteiger partial charge in [0, 0.05) is 37.7 Å². The lowest BCUT2D eigenvalue weighted by Crippen LogP contribution is -2.41. The zero-order valence-corrected chi connectivity index (χ0v) is 14.2. The Bertz CT molecular complexity index is 691. The van der Waals surface area contributed by atoms with Gasteiger partial charge in [-0.1, -0.05) is 12.1 Å². The number of rotatable bonds is 6. The topological polar surface area (TPSA) is 71.3 Å². The van der Waals surface area contributed by atoms with Crippen LogP contribution in [0.5, 0.6) is 0 Å². The van der Waals surface area contributed by atoms with E-state index in [4.69, 9.17) is 10.5 Å². The van der Waals surface area contributed by atoms with E-state index in [-0.39, 0.29) is 17.8 Å². The average molecular weight is 345 g/mol. The fraction of sp³-hybridized carbons (Fsp3) is 0.421. The highest BCUT2D eigenvalue weighted by molar-refractivity contribution is 6.00. The second-order valence-corrected chi connectivity index (χ2v) is 6.29. The summed E-state index contributed by atoms with van der Waals surface area (Å²) in [5.74, 6) is -0.287. The van der Waals surface area contributed by atoms with E-state index in [1.54, 1.807) is 24.5 Å². The number of hydrogen-bond acceptors (Lipinski definition) is 3. The molecule has 1 aliphatic rings. The number of aromatic nitrogens is 1. The molecule has 5 nitrogen and oxygen atoms in total. The van der Waals surface area contributed by atoms with Crippen LogP contribution in [0.15, 0.2) is 36.7 Å². The maximum absolute atomic E-state index is 13.1. The van der Waals surface area contributed by atoms with Crippen LogP contribution in [0.4, 0.5) is 4.39 Å². The molecule has 6 heteroatoms. The maximum atomic E-state index is 13.1. The van der Waals surface area contributed by atoms with Crippen molar-refractivity contribution < 1.29 is 13.9 Å². The molecule has 0 atom stereocenters. The zero-order chi connectivity index (χ0) is 17.6. The number of likely N-dealkylation sites (tertiary alicyclic amines) is 1. The van der Waals surface area contributed by atoms with Gasteiger partial charge >= 0.3 is 0 Å². The zero-order valence-electron chi connectivity index (χ0n) is 14.2. The van der Waals surface area contributed by atoms with Crippen LogP contribution in [0, 0.1) is 5.82 Å². The molecular formula is C19H24FN3O2. The van der Waals surface area contributed by atoms with Gasteiger partial charge in [-0.05, 0) is 43.5 Å². The number of H-pyrrole nitrogens is 1. The maximum Gasteiger partial charge on any atom is 0.256 e. The van der Waals surface area contributed by atoms with Gasteiger partial charge in [0.1, 0.15) is 5.82 Å². The molecule has 0 bridgehead atoms. The molecule has 0 saturated carbocycles. The molecule has 1 saturated heterocycles. The molecule has 0 spiro atoms. The molecule has 1 amide bonds. The van der Waals surface area contributed by atoms with E-state index < -0.39 is 0 Å². The van der Waals surface area contributed by atoms with Gasteiger partial charge in [-0.15, -0.1) is 0 Å². The van der Waals surface area contributed by atoms with E-state index in [1.165, 1.54) is 12.1 Å². The van der Waals surface area contributed by atoms with Crippen molar-refractivity contribution >= 4 is 5.91 Å². The number of nitrogens with zero attached hydrogens (tertiary/aromatic N) is 1. The molecule has 0 unspecified atom stereocenters. The first-order valence-electron chi connectivity index (χ1n) is 8.72. The highest BCUT2D eigenvalue weighted by Gasteiger charge is 2.26. The van der Waals surface area contributed by atoms with Crippen LogP contribution < -0.4 is 5.73 Å². The molecule has 0 aliphatic carbocycles. The lowest BCUT2D eigenvalue weighted by atomic mass is 10.0. The fourth-order valence-electron chi connectivity index (χ4n) is 3.14. The standard InChI is InChI=1S/C19H24FN3O2/c20-15-4-2-14(3-5-15)17-12-22-13-18(17)19(24)23-9-6-16(7-10-23)25-11-1-8-21/h2-5,12-13,16,22H,1,6-11,21H2. The summed E-state index contributed by atoms with van der Waals surface area (Å²) in [5, 5.41) is 0. The summed E-state index contributed by atoms with van der Waals surface area (Å²) in [7, 11) is 0. The number of benzene rings is 1. The Kier molecular flexibility index (Phi) is 5.83. The second-order valence-electron chi connectivity index (χ2n) is 6.29. The summed E-state index contributed by atoms with van der Waals surface area (Å²) in [5.41, 5.74) is 7.72. The highest BCUT2D eigenvalue weighted by atomic mass is 19.1. The summed E-state index contributed by atoms with van der Waals surface area (Å²) >= 11 is 0. The van der Waals surface area contributed by atoms with E-state index >= 15 is 0 Å². The third-order valence-electron chi connectivity index (χ3n) is 4.56. The number of amides is 1. The monoisotopic (exact) mass is 345 g/mol. The van der Waals surface area contributed by atoms with Crippen molar-refractivity contribution in [3.05, 3.63) is 48.0 Å². The Morgan fingerprint density at radius 2 is 1.96 bits per heavy atom. The summed E-state index contributed by atoms with van der Waals surface area (Å²) in [4.78, 5) is 17.7. The smallest absolute Gasteiger partial charge is 0.256 e. The van der Waals surface area contributed by atoms with Crippen molar-refractivity contribution in [1.82, 2.24) is 9.88 Å². The summed E-state index contributed by atoms with van der Waals surface area (Å²) in [6.45, 7) is 2.68. The van der Waals surface area contributed by atoms with Gasteiger partial charge in [0.15, 0.2) is 0 Å². The first-order valence-corrected chi connectivity index (χ1v) is 8.72. The lowest BCUT2D eigenvalue weighted by molar-refractivity contribution is 0.00847. The number of hydrogen-bond donors (Lipinski definition) is 2. The van der Waals surface area contributed by atoms with Crippen LogP contribution in [0.25, 0.3) is 11.1 Å². The Morgan fingerprint density at radius 3 is 2.64 bits per heavy atom. The Balaban J connectivity index is 1.63. The van der Waals surface area contributed by atoms with Crippen molar-refractivity contribution in [2.24, 2.45) is 5.73 Å². The normalized spacial score (nSPS) is 15.5. The van der Waals surface area contributed by atoms with E-state index in [2.05, 4.69) is 4.98 Å². The number of halogens is 1. The largest absolute Gasteiger partial charge is 0.378 e. The first kappa shape index (κ1) is 17.6. The molecule has 1 aromatic carbocycles. The molecule has 2 heterocycles. The molecule has 3 N–H and O–H groups in total. The van der Waals surface area contributed by atoms with Crippen LogP contribution >= 0.6 is 0 Å². The third-order valence-corrected chi connectivity index (χ3v) is 4.56. The lowest BCUT2D eigenvalue weighted by Gasteiger charge is -2.32. The van der Waals surface area contributed by atoms with Crippen molar-refractivity contribution in [2.45, 2.75) is 25.4 Å². The van der Waals surface area contributed by atoms with Gasteiger partial charge in [-0.3, -0.25) is 4.79 Å². The molecule has 1 fully saturated rings. The van der Waals surface area contributed by atoms with Gasteiger partial charge in [0.25, 0.3) is 5.91 Å². The molecule has 3 rings (SSSR count). The van der Waals surface area contributed by atoms with Gasteiger partial charge in [0.2, 0.25) is 0 Å². The molecule has 2 aromatic rings. The molecule has 1 aliphatic heterocycles. The van der Waals surface area contributed by atoms with Gasteiger partial charge in [-0.25, -0.2) is 4.39 Å². The van der Waals surface area contributed by atoms with Gasteiger partial charge < -0.3 is 20.4 Å². The van der Waals surface area contributed by atoms with Crippen LogP contribution in [0.2, 0.25) is 0 Å². The molecule has 25 heavy (non-hydrogen) atoms. The van der Waals surface area contributed by atoms with Crippen LogP contribution in [-0.4, -0.2) is 48.1 Å². The predicted octanol–water partition coefficient (Wildman–Crippen LogP) is 2.79. The minimum atomic E-state index is -0.288. The van der Waals surface area contributed by atoms with Crippen molar-refractivity contribution in [3.8, 4) is 11.1 Å². The number of piperidine rings is 1. The highest BCUT2D eigenvalue weighted by Crippen LogP contribution is 2.26. The first-order chi connectivity index (χ1) is 12.2. The molecule has 1 aromatic heterocycles. The second kappa shape index (κ2) is 8.27. The molecule has 134 valence electrons. The van der Waals surface area contributed by atoms with Crippen molar-refractivity contribution in [1.29, 1.82) is 0 Å². The van der Waals surface area contributed by atoms with E-state index in [9.17, 15) is 9.18 Å². The molecular weight excluding hydrogens is 321 g/mol. The van der Waals surface area contributed by atoms with E-state index in [0.717, 1.165) is 30.4 Å². The summed E-state index contributed by atoms with van der Waals surface area (Å²) < 4.78 is 18.9. The average Bonchev–Trinajstić information content (AvgIpc) is 3.12.